The van der Waals surface area contributed by atoms with Crippen molar-refractivity contribution in [3.63, 3.8) is 0 Å². The van der Waals surface area contributed by atoms with E-state index in [1.165, 1.54) is 0 Å². The molecule has 0 fully saturated rings. The molecule has 0 atom stereocenters. The van der Waals surface area contributed by atoms with Crippen LogP contribution < -0.4 is 4.74 Å². The number of methoxy groups -OCH3 is 1. The van der Waals surface area contributed by atoms with Crippen molar-refractivity contribution in [1.29, 1.82) is 0 Å². The molecule has 0 bridgehead atoms. The third-order valence-electron chi connectivity index (χ3n) is 1.39. The monoisotopic (exact) mass is 196 g/mol. The van der Waals surface area contributed by atoms with Crippen molar-refractivity contribution in [1.82, 2.24) is 0 Å². The van der Waals surface area contributed by atoms with Gasteiger partial charge >= 0.3 is 0 Å². The molecule has 1 nitrogen and oxygen atoms in total. The van der Waals surface area contributed by atoms with Crippen LogP contribution in [0.1, 0.15) is 5.56 Å². The van der Waals surface area contributed by atoms with Gasteiger partial charge in [0.05, 0.1) is 15.0 Å². The molecular weight excluding hydrogens is 188 g/mol. The van der Waals surface area contributed by atoms with E-state index in [0.29, 0.717) is 6.32 Å². The van der Waals surface area contributed by atoms with Crippen LogP contribution in [0.2, 0.25) is 0 Å². The Balaban J connectivity index is 0.000001000. The van der Waals surface area contributed by atoms with Crippen LogP contribution in [0.3, 0.4) is 0 Å². The quantitative estimate of drug-likeness (QED) is 0.651. The molecule has 1 aromatic rings. The van der Waals surface area contributed by atoms with Gasteiger partial charge in [-0.05, 0) is 12.1 Å². The standard InChI is InChI=1S/C8H9BO.Zn/c1-10-8-4-2-7(6-9)3-5-8;/h2-5H,6H2,1H3;. The first-order valence-electron chi connectivity index (χ1n) is 3.20. The average Bonchev–Trinajstić information content (AvgIpc) is 2.05. The topological polar surface area (TPSA) is 9.23 Å². The van der Waals surface area contributed by atoms with Crippen molar-refractivity contribution in [3.05, 3.63) is 29.8 Å². The minimum Gasteiger partial charge on any atom is -0.497 e. The molecule has 0 amide bonds. The molecule has 3 heteroatoms. The fourth-order valence-electron chi connectivity index (χ4n) is 0.762. The van der Waals surface area contributed by atoms with Crippen LogP contribution in [0.5, 0.6) is 5.75 Å². The second-order valence-corrected chi connectivity index (χ2v) is 2.05. The number of rotatable bonds is 2. The molecule has 0 N–H and O–H groups in total. The van der Waals surface area contributed by atoms with E-state index >= 15 is 0 Å². The second kappa shape index (κ2) is 5.37. The van der Waals surface area contributed by atoms with Crippen LogP contribution >= 0.6 is 0 Å². The molecule has 0 aromatic heterocycles. The largest absolute Gasteiger partial charge is 0.497 e. The molecular formula is C8H9BOZn. The maximum atomic E-state index is 5.40. The molecule has 0 aliphatic rings. The Bertz CT molecular complexity index is 175. The Morgan fingerprint density at radius 2 is 1.82 bits per heavy atom. The third-order valence-corrected chi connectivity index (χ3v) is 1.39. The molecule has 0 unspecified atom stereocenters. The van der Waals surface area contributed by atoms with Crippen LogP contribution in [0, 0.1) is 0 Å². The van der Waals surface area contributed by atoms with Gasteiger partial charge in [0.25, 0.3) is 0 Å². The Kier molecular flexibility index (Phi) is 5.23. The van der Waals surface area contributed by atoms with E-state index in [2.05, 4.69) is 0 Å². The number of hydrogen-bond donors (Lipinski definition) is 0. The zero-order chi connectivity index (χ0) is 7.40. The number of benzene rings is 1. The zero-order valence-corrected chi connectivity index (χ0v) is 9.68. The normalized spacial score (nSPS) is 8.45. The Labute approximate surface area is 81.3 Å². The summed E-state index contributed by atoms with van der Waals surface area (Å²) in [5.74, 6) is 0.872. The van der Waals surface area contributed by atoms with E-state index in [0.717, 1.165) is 11.3 Å². The number of hydrogen-bond acceptors (Lipinski definition) is 1. The van der Waals surface area contributed by atoms with Crippen molar-refractivity contribution >= 4 is 7.85 Å². The molecule has 0 spiro atoms. The van der Waals surface area contributed by atoms with Gasteiger partial charge in [-0.1, -0.05) is 24.0 Å². The fraction of sp³-hybridized carbons (Fsp3) is 0.250. The van der Waals surface area contributed by atoms with Crippen molar-refractivity contribution in [3.8, 4) is 5.75 Å². The molecule has 52 valence electrons. The van der Waals surface area contributed by atoms with E-state index in [1.807, 2.05) is 24.3 Å². The van der Waals surface area contributed by atoms with E-state index in [4.69, 9.17) is 12.6 Å². The Morgan fingerprint density at radius 1 is 1.27 bits per heavy atom. The van der Waals surface area contributed by atoms with Gasteiger partial charge in [0.1, 0.15) is 5.75 Å². The first-order chi connectivity index (χ1) is 4.86. The predicted octanol–water partition coefficient (Wildman–Crippen LogP) is 1.36. The predicted molar refractivity (Wildman–Crippen MR) is 42.5 cm³/mol. The maximum absolute atomic E-state index is 5.40. The summed E-state index contributed by atoms with van der Waals surface area (Å²) >= 11 is 0. The first kappa shape index (κ1) is 10.7. The third kappa shape index (κ3) is 3.07. The molecule has 1 rings (SSSR count). The van der Waals surface area contributed by atoms with E-state index in [9.17, 15) is 0 Å². The Morgan fingerprint density at radius 3 is 2.18 bits per heavy atom. The van der Waals surface area contributed by atoms with E-state index < -0.39 is 0 Å². The second-order valence-electron chi connectivity index (χ2n) is 2.05. The summed E-state index contributed by atoms with van der Waals surface area (Å²) in [6.07, 6.45) is 0.587. The van der Waals surface area contributed by atoms with Crippen LogP contribution in [-0.2, 0) is 25.8 Å². The summed E-state index contributed by atoms with van der Waals surface area (Å²) < 4.78 is 4.97. The summed E-state index contributed by atoms with van der Waals surface area (Å²) in [6, 6.07) is 7.72. The van der Waals surface area contributed by atoms with Gasteiger partial charge in [0.15, 0.2) is 0 Å². The van der Waals surface area contributed by atoms with Gasteiger partial charge in [-0.15, -0.1) is 0 Å². The van der Waals surface area contributed by atoms with Crippen molar-refractivity contribution in [2.75, 3.05) is 7.11 Å². The van der Waals surface area contributed by atoms with Crippen molar-refractivity contribution in [2.24, 2.45) is 0 Å². The van der Waals surface area contributed by atoms with Crippen LogP contribution in [0.4, 0.5) is 0 Å². The molecule has 11 heavy (non-hydrogen) atoms. The fourth-order valence-corrected chi connectivity index (χ4v) is 0.762. The van der Waals surface area contributed by atoms with Crippen molar-refractivity contribution in [2.45, 2.75) is 6.32 Å². The summed E-state index contributed by atoms with van der Waals surface area (Å²) in [6.45, 7) is 0. The molecule has 2 radical (unpaired) electrons. The first-order valence-corrected chi connectivity index (χ1v) is 3.20. The SMILES string of the molecule is [B]Cc1ccc(OC)cc1.[Zn]. The zero-order valence-electron chi connectivity index (χ0n) is 6.71. The molecule has 1 aromatic carbocycles. The summed E-state index contributed by atoms with van der Waals surface area (Å²) in [5, 5.41) is 0. The summed E-state index contributed by atoms with van der Waals surface area (Å²) in [4.78, 5) is 0. The minimum atomic E-state index is 0. The van der Waals surface area contributed by atoms with E-state index in [-0.39, 0.29) is 19.5 Å². The molecule has 0 heterocycles. The van der Waals surface area contributed by atoms with Gasteiger partial charge in [0, 0.05) is 19.5 Å². The van der Waals surface area contributed by atoms with Gasteiger partial charge in [0.2, 0.25) is 0 Å². The summed E-state index contributed by atoms with van der Waals surface area (Å²) in [5.41, 5.74) is 1.13. The van der Waals surface area contributed by atoms with E-state index in [1.54, 1.807) is 7.11 Å². The average molecular weight is 197 g/mol. The molecule has 0 saturated heterocycles. The molecule has 0 aliphatic carbocycles. The minimum absolute atomic E-state index is 0. The van der Waals surface area contributed by atoms with Crippen LogP contribution in [0.25, 0.3) is 0 Å². The Hall–Kier alpha value is -0.292. The maximum Gasteiger partial charge on any atom is 0.118 e. The molecule has 0 aliphatic heterocycles. The van der Waals surface area contributed by atoms with Crippen LogP contribution in [-0.4, -0.2) is 15.0 Å². The van der Waals surface area contributed by atoms with Gasteiger partial charge < -0.3 is 4.74 Å². The number of ether oxygens (including phenoxy) is 1. The van der Waals surface area contributed by atoms with Gasteiger partial charge in [-0.3, -0.25) is 0 Å². The molecule has 0 saturated carbocycles. The van der Waals surface area contributed by atoms with Gasteiger partial charge in [-0.25, -0.2) is 0 Å². The van der Waals surface area contributed by atoms with Crippen LogP contribution in [0.15, 0.2) is 24.3 Å². The summed E-state index contributed by atoms with van der Waals surface area (Å²) in [7, 11) is 7.05. The van der Waals surface area contributed by atoms with Gasteiger partial charge in [-0.2, -0.15) is 0 Å². The van der Waals surface area contributed by atoms with Crippen molar-refractivity contribution < 1.29 is 24.2 Å². The smallest absolute Gasteiger partial charge is 0.118 e.